The van der Waals surface area contributed by atoms with Gasteiger partial charge < -0.3 is 10.2 Å². The zero-order valence-corrected chi connectivity index (χ0v) is 16.0. The van der Waals surface area contributed by atoms with Crippen molar-refractivity contribution in [1.29, 1.82) is 0 Å². The van der Waals surface area contributed by atoms with Crippen LogP contribution in [0.25, 0.3) is 11.6 Å². The van der Waals surface area contributed by atoms with Crippen LogP contribution in [0.3, 0.4) is 0 Å². The third-order valence-corrected chi connectivity index (χ3v) is 4.51. The fraction of sp³-hybridized carbons (Fsp3) is 0.278. The number of carbonyl (C=O) groups excluding carboxylic acids is 1. The molecule has 0 aliphatic heterocycles. The Hall–Kier alpha value is -2.85. The highest BCUT2D eigenvalue weighted by Crippen LogP contribution is 2.20. The molecule has 0 spiro atoms. The number of amides is 1. The number of hydrogen-bond donors (Lipinski definition) is 1. The van der Waals surface area contributed by atoms with Crippen LogP contribution in [0, 0.1) is 16.4 Å². The molecule has 2 heterocycles. The van der Waals surface area contributed by atoms with Crippen LogP contribution >= 0.6 is 12.2 Å². The third-order valence-electron chi connectivity index (χ3n) is 4.08. The first-order valence-electron chi connectivity index (χ1n) is 8.47. The zero-order valence-electron chi connectivity index (χ0n) is 15.1. The summed E-state index contributed by atoms with van der Waals surface area (Å²) in [4.78, 5) is 13.0. The molecule has 3 rings (SSSR count). The van der Waals surface area contributed by atoms with Crippen molar-refractivity contribution in [2.75, 3.05) is 7.05 Å². The Balaban J connectivity index is 1.84. The highest BCUT2D eigenvalue weighted by Gasteiger charge is 2.17. The monoisotopic (exact) mass is 407 g/mol. The quantitative estimate of drug-likeness (QED) is 0.581. The lowest BCUT2D eigenvalue weighted by Crippen LogP contribution is -2.23. The molecule has 0 saturated carbocycles. The summed E-state index contributed by atoms with van der Waals surface area (Å²) >= 11 is 5.48. The number of hydrogen-bond acceptors (Lipinski definition) is 5. The van der Waals surface area contributed by atoms with Crippen molar-refractivity contribution in [2.24, 2.45) is 5.73 Å². The number of rotatable bonds is 8. The number of carbonyl (C=O) groups is 1. The standard InChI is InChI=1S/C18H19F2N5O2S/c1-23(10-12-4-5-13(19)9-14(12)20)11-25-18(28)24(7-6-16(21)26)17(22-25)15-3-2-8-27-15/h2-5,8-9H,6-7,10-11H2,1H3,(H2,21,26). The van der Waals surface area contributed by atoms with Crippen molar-refractivity contribution < 1.29 is 18.0 Å². The van der Waals surface area contributed by atoms with Crippen LogP contribution < -0.4 is 5.73 Å². The first-order valence-corrected chi connectivity index (χ1v) is 8.88. The minimum Gasteiger partial charge on any atom is -0.461 e. The number of primary amides is 1. The SMILES string of the molecule is CN(Cc1ccc(F)cc1F)Cn1nc(-c2ccco2)n(CCC(N)=O)c1=S. The molecule has 0 saturated heterocycles. The maximum atomic E-state index is 13.9. The van der Waals surface area contributed by atoms with Gasteiger partial charge in [-0.3, -0.25) is 14.3 Å². The summed E-state index contributed by atoms with van der Waals surface area (Å²) in [5, 5.41) is 4.48. The maximum absolute atomic E-state index is 13.9. The third kappa shape index (κ3) is 4.52. The van der Waals surface area contributed by atoms with E-state index in [0.717, 1.165) is 6.07 Å². The van der Waals surface area contributed by atoms with Crippen LogP contribution in [-0.4, -0.2) is 32.2 Å². The number of benzene rings is 1. The highest BCUT2D eigenvalue weighted by molar-refractivity contribution is 7.71. The van der Waals surface area contributed by atoms with Crippen LogP contribution in [0.1, 0.15) is 12.0 Å². The molecule has 7 nitrogen and oxygen atoms in total. The van der Waals surface area contributed by atoms with Gasteiger partial charge in [-0.05, 0) is 37.5 Å². The number of aromatic nitrogens is 3. The Morgan fingerprint density at radius 3 is 2.79 bits per heavy atom. The minimum absolute atomic E-state index is 0.102. The Labute approximate surface area is 165 Å². The van der Waals surface area contributed by atoms with Crippen LogP contribution in [0.4, 0.5) is 8.78 Å². The van der Waals surface area contributed by atoms with Crippen molar-refractivity contribution >= 4 is 18.1 Å². The topological polar surface area (TPSA) is 82.2 Å². The molecule has 3 aromatic rings. The molecule has 2 aromatic heterocycles. The smallest absolute Gasteiger partial charge is 0.219 e. The zero-order chi connectivity index (χ0) is 20.3. The van der Waals surface area contributed by atoms with E-state index in [0.29, 0.717) is 21.9 Å². The lowest BCUT2D eigenvalue weighted by Gasteiger charge is -2.16. The molecular weight excluding hydrogens is 388 g/mol. The van der Waals surface area contributed by atoms with Gasteiger partial charge in [0.15, 0.2) is 16.4 Å². The van der Waals surface area contributed by atoms with Crippen molar-refractivity contribution in [3.63, 3.8) is 0 Å². The van der Waals surface area contributed by atoms with Crippen LogP contribution in [0.5, 0.6) is 0 Å². The summed E-state index contributed by atoms with van der Waals surface area (Å²) in [6, 6.07) is 6.92. The predicted octanol–water partition coefficient (Wildman–Crippen LogP) is 2.92. The molecule has 0 aliphatic carbocycles. The summed E-state index contributed by atoms with van der Waals surface area (Å²) in [6.07, 6.45) is 1.61. The molecule has 1 aromatic carbocycles. The highest BCUT2D eigenvalue weighted by atomic mass is 32.1. The van der Waals surface area contributed by atoms with E-state index in [-0.39, 0.29) is 26.2 Å². The summed E-state index contributed by atoms with van der Waals surface area (Å²) in [5.74, 6) is -0.718. The normalized spacial score (nSPS) is 11.3. The van der Waals surface area contributed by atoms with Crippen LogP contribution in [-0.2, 0) is 24.6 Å². The average Bonchev–Trinajstić information content (AvgIpc) is 3.25. The fourth-order valence-electron chi connectivity index (χ4n) is 2.76. The molecule has 2 N–H and O–H groups in total. The van der Waals surface area contributed by atoms with Crippen LogP contribution in [0.15, 0.2) is 41.0 Å². The van der Waals surface area contributed by atoms with Gasteiger partial charge in [-0.1, -0.05) is 6.07 Å². The molecule has 0 unspecified atom stereocenters. The Morgan fingerprint density at radius 2 is 2.14 bits per heavy atom. The second-order valence-corrected chi connectivity index (χ2v) is 6.71. The van der Waals surface area contributed by atoms with Gasteiger partial charge in [0.05, 0.1) is 12.9 Å². The van der Waals surface area contributed by atoms with Crippen molar-refractivity contribution in [2.45, 2.75) is 26.2 Å². The van der Waals surface area contributed by atoms with E-state index in [1.54, 1.807) is 33.3 Å². The maximum Gasteiger partial charge on any atom is 0.219 e. The summed E-state index contributed by atoms with van der Waals surface area (Å²) in [5.41, 5.74) is 5.61. The van der Waals surface area contributed by atoms with Gasteiger partial charge in [0.25, 0.3) is 0 Å². The van der Waals surface area contributed by atoms with E-state index >= 15 is 0 Å². The molecule has 28 heavy (non-hydrogen) atoms. The second-order valence-electron chi connectivity index (χ2n) is 6.34. The van der Waals surface area contributed by atoms with E-state index in [1.165, 1.54) is 18.4 Å². The number of nitrogens with two attached hydrogens (primary N) is 1. The lowest BCUT2D eigenvalue weighted by molar-refractivity contribution is -0.118. The molecule has 0 fully saturated rings. The van der Waals surface area contributed by atoms with Crippen molar-refractivity contribution in [1.82, 2.24) is 19.2 Å². The van der Waals surface area contributed by atoms with E-state index in [2.05, 4.69) is 5.10 Å². The number of furan rings is 1. The largest absolute Gasteiger partial charge is 0.461 e. The van der Waals surface area contributed by atoms with E-state index in [1.807, 2.05) is 0 Å². The summed E-state index contributed by atoms with van der Waals surface area (Å²) in [6.45, 7) is 0.756. The Bertz CT molecular complexity index is 1030. The fourth-order valence-corrected chi connectivity index (χ4v) is 3.04. The molecule has 0 atom stereocenters. The Kier molecular flexibility index (Phi) is 6.00. The second kappa shape index (κ2) is 8.44. The van der Waals surface area contributed by atoms with Gasteiger partial charge >= 0.3 is 0 Å². The van der Waals surface area contributed by atoms with E-state index in [4.69, 9.17) is 22.4 Å². The van der Waals surface area contributed by atoms with Crippen LogP contribution in [0.2, 0.25) is 0 Å². The first kappa shape index (κ1) is 19.9. The molecule has 0 radical (unpaired) electrons. The molecule has 1 amide bonds. The molecule has 10 heteroatoms. The van der Waals surface area contributed by atoms with E-state index in [9.17, 15) is 13.6 Å². The minimum atomic E-state index is -0.623. The van der Waals surface area contributed by atoms with Gasteiger partial charge in [-0.25, -0.2) is 13.5 Å². The summed E-state index contributed by atoms with van der Waals surface area (Å²) in [7, 11) is 1.76. The van der Waals surface area contributed by atoms with Gasteiger partial charge in [-0.15, -0.1) is 5.10 Å². The predicted molar refractivity (Wildman–Crippen MR) is 100 cm³/mol. The van der Waals surface area contributed by atoms with Crippen molar-refractivity contribution in [3.8, 4) is 11.6 Å². The Morgan fingerprint density at radius 1 is 1.36 bits per heavy atom. The molecular formula is C18H19F2N5O2S. The molecule has 148 valence electrons. The number of nitrogens with zero attached hydrogens (tertiary/aromatic N) is 4. The van der Waals surface area contributed by atoms with Gasteiger partial charge in [-0.2, -0.15) is 0 Å². The van der Waals surface area contributed by atoms with Gasteiger partial charge in [0, 0.05) is 31.1 Å². The molecule has 0 aliphatic rings. The molecule has 0 bridgehead atoms. The number of halogens is 2. The van der Waals surface area contributed by atoms with E-state index < -0.39 is 17.5 Å². The average molecular weight is 407 g/mol. The van der Waals surface area contributed by atoms with Gasteiger partial charge in [0.1, 0.15) is 11.6 Å². The van der Waals surface area contributed by atoms with Gasteiger partial charge in [0.2, 0.25) is 5.91 Å². The lowest BCUT2D eigenvalue weighted by atomic mass is 10.2. The summed E-state index contributed by atoms with van der Waals surface area (Å²) < 4.78 is 36.0. The first-order chi connectivity index (χ1) is 13.3. The van der Waals surface area contributed by atoms with Crippen molar-refractivity contribution in [3.05, 3.63) is 58.6 Å².